The maximum atomic E-state index is 13.4. The Labute approximate surface area is 114 Å². The second-order valence-corrected chi connectivity index (χ2v) is 5.18. The second-order valence-electron chi connectivity index (χ2n) is 5.18. The van der Waals surface area contributed by atoms with Crippen LogP contribution in [0.15, 0.2) is 24.3 Å². The minimum atomic E-state index is -0.326. The number of piperidine rings is 1. The molecule has 3 nitrogen and oxygen atoms in total. The first-order valence-corrected chi connectivity index (χ1v) is 6.94. The second kappa shape index (κ2) is 6.87. The van der Waals surface area contributed by atoms with Gasteiger partial charge in [-0.2, -0.15) is 0 Å². The molecule has 0 aliphatic carbocycles. The third kappa shape index (κ3) is 3.67. The predicted octanol–water partition coefficient (Wildman–Crippen LogP) is 2.30. The normalized spacial score (nSPS) is 24.4. The number of aliphatic hydroxyl groups is 1. The van der Waals surface area contributed by atoms with E-state index in [0.717, 1.165) is 25.9 Å². The van der Waals surface area contributed by atoms with Crippen LogP contribution in [0.1, 0.15) is 19.8 Å². The average molecular weight is 267 g/mol. The van der Waals surface area contributed by atoms with E-state index in [9.17, 15) is 9.50 Å². The molecule has 4 heteroatoms. The summed E-state index contributed by atoms with van der Waals surface area (Å²) in [5.41, 5.74) is 0. The van der Waals surface area contributed by atoms with Crippen molar-refractivity contribution in [2.75, 3.05) is 26.3 Å². The average Bonchev–Trinajstić information content (AvgIpc) is 2.41. The molecule has 1 N–H and O–H groups in total. The molecule has 1 saturated heterocycles. The number of ether oxygens (including phenoxy) is 1. The van der Waals surface area contributed by atoms with Crippen molar-refractivity contribution in [1.29, 1.82) is 0 Å². The SMILES string of the molecule is CC1CCCN(CCOc2ccccc2F)C1CO. The molecule has 2 atom stereocenters. The molecule has 106 valence electrons. The number of rotatable bonds is 5. The van der Waals surface area contributed by atoms with Crippen molar-refractivity contribution in [2.24, 2.45) is 5.92 Å². The van der Waals surface area contributed by atoms with Gasteiger partial charge in [0.05, 0.1) is 6.61 Å². The quantitative estimate of drug-likeness (QED) is 0.888. The Bertz CT molecular complexity index is 399. The summed E-state index contributed by atoms with van der Waals surface area (Å²) in [5.74, 6) is 0.480. The van der Waals surface area contributed by atoms with Crippen LogP contribution >= 0.6 is 0 Å². The Morgan fingerprint density at radius 1 is 1.42 bits per heavy atom. The van der Waals surface area contributed by atoms with E-state index in [4.69, 9.17) is 4.74 Å². The largest absolute Gasteiger partial charge is 0.489 e. The van der Waals surface area contributed by atoms with Gasteiger partial charge in [-0.25, -0.2) is 4.39 Å². The van der Waals surface area contributed by atoms with Crippen molar-refractivity contribution in [3.05, 3.63) is 30.1 Å². The first kappa shape index (κ1) is 14.3. The van der Waals surface area contributed by atoms with Crippen LogP contribution in [0, 0.1) is 11.7 Å². The van der Waals surface area contributed by atoms with Crippen molar-refractivity contribution in [1.82, 2.24) is 4.90 Å². The van der Waals surface area contributed by atoms with Crippen molar-refractivity contribution >= 4 is 0 Å². The van der Waals surface area contributed by atoms with Gasteiger partial charge >= 0.3 is 0 Å². The highest BCUT2D eigenvalue weighted by atomic mass is 19.1. The number of para-hydroxylation sites is 1. The summed E-state index contributed by atoms with van der Waals surface area (Å²) in [6.45, 7) is 4.51. The number of likely N-dealkylation sites (tertiary alicyclic amines) is 1. The summed E-state index contributed by atoms with van der Waals surface area (Å²) in [6, 6.07) is 6.65. The van der Waals surface area contributed by atoms with Crippen molar-refractivity contribution in [3.63, 3.8) is 0 Å². The van der Waals surface area contributed by atoms with Crippen LogP contribution in [-0.2, 0) is 0 Å². The number of hydrogen-bond acceptors (Lipinski definition) is 3. The maximum Gasteiger partial charge on any atom is 0.165 e. The topological polar surface area (TPSA) is 32.7 Å². The van der Waals surface area contributed by atoms with E-state index in [-0.39, 0.29) is 18.5 Å². The molecule has 0 aromatic heterocycles. The van der Waals surface area contributed by atoms with Gasteiger partial charge in [0.1, 0.15) is 6.61 Å². The predicted molar refractivity (Wildman–Crippen MR) is 72.7 cm³/mol. The Balaban J connectivity index is 1.83. The summed E-state index contributed by atoms with van der Waals surface area (Å²) < 4.78 is 18.9. The monoisotopic (exact) mass is 267 g/mol. The Morgan fingerprint density at radius 2 is 2.21 bits per heavy atom. The number of nitrogens with zero attached hydrogens (tertiary/aromatic N) is 1. The summed E-state index contributed by atoms with van der Waals surface area (Å²) >= 11 is 0. The highest BCUT2D eigenvalue weighted by Crippen LogP contribution is 2.23. The third-order valence-electron chi connectivity index (χ3n) is 3.89. The van der Waals surface area contributed by atoms with Gasteiger partial charge in [0, 0.05) is 12.6 Å². The highest BCUT2D eigenvalue weighted by molar-refractivity contribution is 5.23. The van der Waals surface area contributed by atoms with E-state index < -0.39 is 0 Å². The molecule has 1 fully saturated rings. The lowest BCUT2D eigenvalue weighted by molar-refractivity contribution is 0.0431. The first-order valence-electron chi connectivity index (χ1n) is 6.94. The van der Waals surface area contributed by atoms with Crippen molar-refractivity contribution in [2.45, 2.75) is 25.8 Å². The fourth-order valence-corrected chi connectivity index (χ4v) is 2.74. The molecular weight excluding hydrogens is 245 g/mol. The molecule has 0 radical (unpaired) electrons. The minimum absolute atomic E-state index is 0.181. The van der Waals surface area contributed by atoms with E-state index in [1.54, 1.807) is 18.2 Å². The summed E-state index contributed by atoms with van der Waals surface area (Å²) in [6.07, 6.45) is 2.31. The van der Waals surface area contributed by atoms with E-state index in [2.05, 4.69) is 11.8 Å². The van der Waals surface area contributed by atoms with Crippen molar-refractivity contribution < 1.29 is 14.2 Å². The third-order valence-corrected chi connectivity index (χ3v) is 3.89. The Hall–Kier alpha value is -1.13. The van der Waals surface area contributed by atoms with Crippen LogP contribution in [0.2, 0.25) is 0 Å². The van der Waals surface area contributed by atoms with Crippen LogP contribution in [0.5, 0.6) is 5.75 Å². The zero-order valence-corrected chi connectivity index (χ0v) is 11.4. The molecule has 1 aromatic rings. The standard InChI is InChI=1S/C15H22FNO2/c1-12-5-4-8-17(14(12)11-18)9-10-19-15-7-3-2-6-13(15)16/h2-3,6-7,12,14,18H,4-5,8-11H2,1H3. The molecule has 1 aliphatic heterocycles. The molecule has 0 amide bonds. The molecule has 0 spiro atoms. The number of halogens is 1. The van der Waals surface area contributed by atoms with Crippen LogP contribution in [0.3, 0.4) is 0 Å². The van der Waals surface area contributed by atoms with Crippen LogP contribution in [-0.4, -0.2) is 42.4 Å². The first-order chi connectivity index (χ1) is 9.22. The Morgan fingerprint density at radius 3 is 2.95 bits per heavy atom. The molecular formula is C15H22FNO2. The fourth-order valence-electron chi connectivity index (χ4n) is 2.74. The van der Waals surface area contributed by atoms with Gasteiger partial charge in [-0.15, -0.1) is 0 Å². The molecule has 2 rings (SSSR count). The van der Waals surface area contributed by atoms with E-state index in [1.165, 1.54) is 6.07 Å². The molecule has 1 heterocycles. The highest BCUT2D eigenvalue weighted by Gasteiger charge is 2.27. The smallest absolute Gasteiger partial charge is 0.165 e. The maximum absolute atomic E-state index is 13.4. The van der Waals surface area contributed by atoms with Gasteiger partial charge in [0.15, 0.2) is 11.6 Å². The molecule has 0 saturated carbocycles. The number of aliphatic hydroxyl groups excluding tert-OH is 1. The van der Waals surface area contributed by atoms with E-state index in [0.29, 0.717) is 18.3 Å². The van der Waals surface area contributed by atoms with Gasteiger partial charge in [0.25, 0.3) is 0 Å². The summed E-state index contributed by atoms with van der Waals surface area (Å²) in [4.78, 5) is 2.25. The molecule has 0 bridgehead atoms. The lowest BCUT2D eigenvalue weighted by Gasteiger charge is -2.38. The zero-order valence-electron chi connectivity index (χ0n) is 11.4. The van der Waals surface area contributed by atoms with Crippen LogP contribution in [0.4, 0.5) is 4.39 Å². The van der Waals surface area contributed by atoms with Gasteiger partial charge in [-0.3, -0.25) is 4.90 Å². The molecule has 19 heavy (non-hydrogen) atoms. The molecule has 1 aliphatic rings. The van der Waals surface area contributed by atoms with Gasteiger partial charge < -0.3 is 9.84 Å². The number of hydrogen-bond donors (Lipinski definition) is 1. The lowest BCUT2D eigenvalue weighted by Crippen LogP contribution is -2.48. The fraction of sp³-hybridized carbons (Fsp3) is 0.600. The van der Waals surface area contributed by atoms with E-state index >= 15 is 0 Å². The Kier molecular flexibility index (Phi) is 5.16. The van der Waals surface area contributed by atoms with Crippen LogP contribution < -0.4 is 4.74 Å². The molecule has 1 aromatic carbocycles. The zero-order chi connectivity index (χ0) is 13.7. The molecule has 2 unspecified atom stereocenters. The van der Waals surface area contributed by atoms with Gasteiger partial charge in [0.2, 0.25) is 0 Å². The lowest BCUT2D eigenvalue weighted by atomic mass is 9.91. The summed E-state index contributed by atoms with van der Waals surface area (Å²) in [5, 5.41) is 9.45. The number of benzene rings is 1. The van der Waals surface area contributed by atoms with Crippen molar-refractivity contribution in [3.8, 4) is 5.75 Å². The van der Waals surface area contributed by atoms with Crippen LogP contribution in [0.25, 0.3) is 0 Å². The summed E-state index contributed by atoms with van der Waals surface area (Å²) in [7, 11) is 0. The van der Waals surface area contributed by atoms with Gasteiger partial charge in [-0.1, -0.05) is 19.1 Å². The van der Waals surface area contributed by atoms with Gasteiger partial charge in [-0.05, 0) is 37.4 Å². The minimum Gasteiger partial charge on any atom is -0.489 e. The van der Waals surface area contributed by atoms with E-state index in [1.807, 2.05) is 0 Å².